The second kappa shape index (κ2) is 7.28. The van der Waals surface area contributed by atoms with E-state index in [2.05, 4.69) is 15.6 Å². The van der Waals surface area contributed by atoms with Crippen LogP contribution in [0.15, 0.2) is 48.5 Å². The lowest BCUT2D eigenvalue weighted by Gasteiger charge is -2.24. The van der Waals surface area contributed by atoms with Gasteiger partial charge in [0.15, 0.2) is 5.69 Å². The monoisotopic (exact) mass is 366 g/mol. The zero-order valence-corrected chi connectivity index (χ0v) is 14.9. The molecule has 1 amide bonds. The van der Waals surface area contributed by atoms with Crippen molar-refractivity contribution in [1.82, 2.24) is 20.3 Å². The van der Waals surface area contributed by atoms with Crippen molar-refractivity contribution in [3.05, 3.63) is 82.4 Å². The number of fused-ring (bicyclic) bond motifs is 1. The molecule has 6 nitrogen and oxygen atoms in total. The van der Waals surface area contributed by atoms with Crippen LogP contribution in [-0.2, 0) is 24.4 Å². The van der Waals surface area contributed by atoms with Crippen LogP contribution in [0.4, 0.5) is 4.39 Å². The van der Waals surface area contributed by atoms with E-state index in [0.29, 0.717) is 18.8 Å². The SMILES string of the molecule is Cc1cccc(CNC(=O)c2nnn3c2COC(c2ccc(F)cc2)C3)c1. The number of carbonyl (C=O) groups is 1. The standard InChI is InChI=1S/C20H19FN4O2/c1-13-3-2-4-14(9-13)10-22-20(26)19-17-12-27-18(11-25(17)24-23-19)15-5-7-16(21)8-6-15/h2-9,18H,10-12H2,1H3,(H,22,26). The van der Waals surface area contributed by atoms with Gasteiger partial charge in [-0.15, -0.1) is 5.10 Å². The highest BCUT2D eigenvalue weighted by Crippen LogP contribution is 2.27. The Morgan fingerprint density at radius 2 is 2.11 bits per heavy atom. The van der Waals surface area contributed by atoms with Gasteiger partial charge in [0.25, 0.3) is 5.91 Å². The number of ether oxygens (including phenoxy) is 1. The first kappa shape index (κ1) is 17.4. The van der Waals surface area contributed by atoms with E-state index in [-0.39, 0.29) is 30.1 Å². The molecule has 4 rings (SSSR count). The third-order valence-corrected chi connectivity index (χ3v) is 4.59. The van der Waals surface area contributed by atoms with Gasteiger partial charge in [0, 0.05) is 6.54 Å². The van der Waals surface area contributed by atoms with Crippen molar-refractivity contribution < 1.29 is 13.9 Å². The molecule has 0 radical (unpaired) electrons. The molecule has 2 aromatic carbocycles. The molecule has 7 heteroatoms. The van der Waals surface area contributed by atoms with E-state index in [1.165, 1.54) is 12.1 Å². The summed E-state index contributed by atoms with van der Waals surface area (Å²) in [5.41, 5.74) is 3.96. The van der Waals surface area contributed by atoms with Crippen LogP contribution >= 0.6 is 0 Å². The minimum absolute atomic E-state index is 0.224. The largest absolute Gasteiger partial charge is 0.365 e. The zero-order valence-electron chi connectivity index (χ0n) is 14.9. The van der Waals surface area contributed by atoms with Gasteiger partial charge in [0.1, 0.15) is 11.9 Å². The van der Waals surface area contributed by atoms with Crippen molar-refractivity contribution in [2.45, 2.75) is 32.7 Å². The highest BCUT2D eigenvalue weighted by atomic mass is 19.1. The number of hydrogen-bond acceptors (Lipinski definition) is 4. The van der Waals surface area contributed by atoms with Crippen molar-refractivity contribution >= 4 is 5.91 Å². The molecule has 1 aromatic heterocycles. The summed E-state index contributed by atoms with van der Waals surface area (Å²) in [6.45, 7) is 3.09. The van der Waals surface area contributed by atoms with Gasteiger partial charge in [-0.3, -0.25) is 4.79 Å². The van der Waals surface area contributed by atoms with Crippen molar-refractivity contribution in [2.24, 2.45) is 0 Å². The number of halogens is 1. The normalized spacial score (nSPS) is 16.0. The lowest BCUT2D eigenvalue weighted by atomic mass is 10.1. The molecule has 0 spiro atoms. The molecule has 1 unspecified atom stereocenters. The first-order valence-corrected chi connectivity index (χ1v) is 8.73. The van der Waals surface area contributed by atoms with Crippen LogP contribution in [0.2, 0.25) is 0 Å². The van der Waals surface area contributed by atoms with Gasteiger partial charge in [0.05, 0.1) is 18.8 Å². The number of nitrogens with one attached hydrogen (secondary N) is 1. The molecule has 0 bridgehead atoms. The molecule has 0 fully saturated rings. The fraction of sp³-hybridized carbons (Fsp3) is 0.250. The Hall–Kier alpha value is -3.06. The summed E-state index contributed by atoms with van der Waals surface area (Å²) >= 11 is 0. The van der Waals surface area contributed by atoms with Crippen molar-refractivity contribution in [1.29, 1.82) is 0 Å². The molecule has 0 saturated carbocycles. The van der Waals surface area contributed by atoms with Crippen molar-refractivity contribution in [3.63, 3.8) is 0 Å². The number of carbonyl (C=O) groups excluding carboxylic acids is 1. The van der Waals surface area contributed by atoms with E-state index < -0.39 is 0 Å². The summed E-state index contributed by atoms with van der Waals surface area (Å²) < 4.78 is 20.6. The summed E-state index contributed by atoms with van der Waals surface area (Å²) in [7, 11) is 0. The quantitative estimate of drug-likeness (QED) is 0.771. The van der Waals surface area contributed by atoms with Gasteiger partial charge in [-0.2, -0.15) is 0 Å². The Morgan fingerprint density at radius 3 is 2.89 bits per heavy atom. The maximum Gasteiger partial charge on any atom is 0.274 e. The summed E-state index contributed by atoms with van der Waals surface area (Å²) in [6, 6.07) is 14.1. The van der Waals surface area contributed by atoms with Crippen LogP contribution in [0.25, 0.3) is 0 Å². The molecule has 3 aromatic rings. The first-order chi connectivity index (χ1) is 13.1. The molecular weight excluding hydrogens is 347 g/mol. The first-order valence-electron chi connectivity index (χ1n) is 8.73. The Labute approximate surface area is 156 Å². The summed E-state index contributed by atoms with van der Waals surface area (Å²) in [5.74, 6) is -0.565. The molecule has 1 aliphatic rings. The summed E-state index contributed by atoms with van der Waals surface area (Å²) in [4.78, 5) is 12.5. The van der Waals surface area contributed by atoms with Gasteiger partial charge in [-0.1, -0.05) is 47.2 Å². The Kier molecular flexibility index (Phi) is 4.68. The van der Waals surface area contributed by atoms with E-state index in [1.54, 1.807) is 16.8 Å². The number of rotatable bonds is 4. The average molecular weight is 366 g/mol. The minimum Gasteiger partial charge on any atom is -0.365 e. The fourth-order valence-corrected chi connectivity index (χ4v) is 3.16. The number of nitrogens with zero attached hydrogens (tertiary/aromatic N) is 3. The molecule has 1 atom stereocenters. The van der Waals surface area contributed by atoms with Gasteiger partial charge >= 0.3 is 0 Å². The van der Waals surface area contributed by atoms with Crippen LogP contribution in [0, 0.1) is 12.7 Å². The highest BCUT2D eigenvalue weighted by Gasteiger charge is 2.27. The minimum atomic E-state index is -0.288. The Morgan fingerprint density at radius 1 is 1.30 bits per heavy atom. The molecule has 0 saturated heterocycles. The van der Waals surface area contributed by atoms with Crippen LogP contribution in [-0.4, -0.2) is 20.9 Å². The average Bonchev–Trinajstić information content (AvgIpc) is 3.10. The smallest absolute Gasteiger partial charge is 0.274 e. The molecule has 1 aliphatic heterocycles. The van der Waals surface area contributed by atoms with E-state index in [4.69, 9.17) is 4.74 Å². The molecule has 2 heterocycles. The molecule has 1 N–H and O–H groups in total. The topological polar surface area (TPSA) is 69.0 Å². The maximum absolute atomic E-state index is 13.1. The van der Waals surface area contributed by atoms with Crippen molar-refractivity contribution in [2.75, 3.05) is 0 Å². The summed E-state index contributed by atoms with van der Waals surface area (Å²) in [6.07, 6.45) is -0.247. The van der Waals surface area contributed by atoms with E-state index >= 15 is 0 Å². The third-order valence-electron chi connectivity index (χ3n) is 4.59. The van der Waals surface area contributed by atoms with Gasteiger partial charge < -0.3 is 10.1 Å². The number of benzene rings is 2. The third kappa shape index (κ3) is 3.73. The molecular formula is C20H19FN4O2. The number of hydrogen-bond donors (Lipinski definition) is 1. The van der Waals surface area contributed by atoms with E-state index in [9.17, 15) is 9.18 Å². The van der Waals surface area contributed by atoms with Crippen LogP contribution < -0.4 is 5.32 Å². The van der Waals surface area contributed by atoms with Crippen LogP contribution in [0.5, 0.6) is 0 Å². The maximum atomic E-state index is 13.1. The van der Waals surface area contributed by atoms with E-state index in [0.717, 1.165) is 16.7 Å². The van der Waals surface area contributed by atoms with Crippen LogP contribution in [0.3, 0.4) is 0 Å². The molecule has 27 heavy (non-hydrogen) atoms. The molecule has 0 aliphatic carbocycles. The second-order valence-corrected chi connectivity index (χ2v) is 6.59. The predicted molar refractivity (Wildman–Crippen MR) is 96.3 cm³/mol. The lowest BCUT2D eigenvalue weighted by molar-refractivity contribution is -0.00180. The number of aromatic nitrogens is 3. The van der Waals surface area contributed by atoms with E-state index in [1.807, 2.05) is 31.2 Å². The van der Waals surface area contributed by atoms with Crippen molar-refractivity contribution in [3.8, 4) is 0 Å². The summed E-state index contributed by atoms with van der Waals surface area (Å²) in [5, 5.41) is 11.0. The van der Waals surface area contributed by atoms with Gasteiger partial charge in [-0.25, -0.2) is 9.07 Å². The van der Waals surface area contributed by atoms with Gasteiger partial charge in [0.2, 0.25) is 0 Å². The fourth-order valence-electron chi connectivity index (χ4n) is 3.16. The molecule has 138 valence electrons. The predicted octanol–water partition coefficient (Wildman–Crippen LogP) is 2.93. The lowest BCUT2D eigenvalue weighted by Crippen LogP contribution is -2.27. The number of amides is 1. The Balaban J connectivity index is 1.44. The van der Waals surface area contributed by atoms with Gasteiger partial charge in [-0.05, 0) is 30.2 Å². The highest BCUT2D eigenvalue weighted by molar-refractivity contribution is 5.93. The second-order valence-electron chi connectivity index (χ2n) is 6.59. The number of aryl methyl sites for hydroxylation is 1. The van der Waals surface area contributed by atoms with Crippen LogP contribution in [0.1, 0.15) is 39.0 Å². The Bertz CT molecular complexity index is 968. The zero-order chi connectivity index (χ0) is 18.8.